The summed E-state index contributed by atoms with van der Waals surface area (Å²) in [5.41, 5.74) is 0.923. The molecular formula is C12H16FN5O3. The van der Waals surface area contributed by atoms with Crippen molar-refractivity contribution in [2.75, 3.05) is 25.6 Å². The van der Waals surface area contributed by atoms with Gasteiger partial charge in [-0.3, -0.25) is 4.57 Å². The lowest BCUT2D eigenvalue weighted by molar-refractivity contribution is -0.0459. The van der Waals surface area contributed by atoms with Gasteiger partial charge < -0.3 is 19.8 Å². The number of halogens is 1. The highest BCUT2D eigenvalue weighted by atomic mass is 19.1. The molecule has 1 unspecified atom stereocenters. The largest absolute Gasteiger partial charge is 0.394 e. The molecule has 4 atom stereocenters. The lowest BCUT2D eigenvalue weighted by Gasteiger charge is -2.15. The van der Waals surface area contributed by atoms with Crippen LogP contribution in [0.15, 0.2) is 12.7 Å². The molecular weight excluding hydrogens is 281 g/mol. The summed E-state index contributed by atoms with van der Waals surface area (Å²) in [7, 11) is 3.63. The number of ether oxygens (including phenoxy) is 1. The highest BCUT2D eigenvalue weighted by molar-refractivity contribution is 5.83. The lowest BCUT2D eigenvalue weighted by Crippen LogP contribution is -2.30. The van der Waals surface area contributed by atoms with E-state index in [9.17, 15) is 9.50 Å². The topological polar surface area (TPSA) is 96.5 Å². The van der Waals surface area contributed by atoms with Crippen molar-refractivity contribution in [1.82, 2.24) is 19.5 Å². The zero-order valence-electron chi connectivity index (χ0n) is 11.6. The van der Waals surface area contributed by atoms with Crippen molar-refractivity contribution in [2.24, 2.45) is 0 Å². The average molecular weight is 297 g/mol. The molecule has 0 amide bonds. The van der Waals surface area contributed by atoms with E-state index in [1.165, 1.54) is 17.2 Å². The summed E-state index contributed by atoms with van der Waals surface area (Å²) < 4.78 is 21.0. The van der Waals surface area contributed by atoms with E-state index >= 15 is 0 Å². The molecule has 114 valence electrons. The van der Waals surface area contributed by atoms with Gasteiger partial charge in [-0.25, -0.2) is 19.3 Å². The fraction of sp³-hybridized carbons (Fsp3) is 0.583. The van der Waals surface area contributed by atoms with E-state index in [2.05, 4.69) is 15.0 Å². The van der Waals surface area contributed by atoms with Crippen LogP contribution < -0.4 is 4.90 Å². The van der Waals surface area contributed by atoms with Gasteiger partial charge in [-0.05, 0) is 0 Å². The predicted octanol–water partition coefficient (Wildman–Crippen LogP) is -0.519. The number of hydrogen-bond acceptors (Lipinski definition) is 7. The molecule has 1 aliphatic heterocycles. The van der Waals surface area contributed by atoms with Gasteiger partial charge in [-0.15, -0.1) is 0 Å². The molecule has 0 bridgehead atoms. The minimum atomic E-state index is -1.67. The molecule has 9 heteroatoms. The third-order valence-electron chi connectivity index (χ3n) is 3.51. The van der Waals surface area contributed by atoms with Gasteiger partial charge in [-0.1, -0.05) is 0 Å². The van der Waals surface area contributed by atoms with Gasteiger partial charge in [0.25, 0.3) is 0 Å². The fourth-order valence-corrected chi connectivity index (χ4v) is 2.43. The number of anilines is 1. The molecule has 0 spiro atoms. The summed E-state index contributed by atoms with van der Waals surface area (Å²) >= 11 is 0. The van der Waals surface area contributed by atoms with Gasteiger partial charge in [-0.2, -0.15) is 0 Å². The minimum absolute atomic E-state index is 0.409. The van der Waals surface area contributed by atoms with Crippen LogP contribution in [0, 0.1) is 0 Å². The lowest BCUT2D eigenvalue weighted by atomic mass is 10.1. The Hall–Kier alpha value is -1.84. The molecule has 1 aliphatic rings. The summed E-state index contributed by atoms with van der Waals surface area (Å²) in [4.78, 5) is 14.2. The zero-order valence-corrected chi connectivity index (χ0v) is 11.6. The number of rotatable bonds is 3. The first kappa shape index (κ1) is 14.1. The van der Waals surface area contributed by atoms with E-state index < -0.39 is 31.2 Å². The molecule has 3 heterocycles. The smallest absolute Gasteiger partial charge is 0.173 e. The number of aromatic nitrogens is 4. The van der Waals surface area contributed by atoms with Crippen molar-refractivity contribution in [3.8, 4) is 0 Å². The zero-order chi connectivity index (χ0) is 15.1. The van der Waals surface area contributed by atoms with Crippen LogP contribution >= 0.6 is 0 Å². The second-order valence-electron chi connectivity index (χ2n) is 5.10. The normalized spacial score (nSPS) is 29.2. The molecule has 21 heavy (non-hydrogen) atoms. The van der Waals surface area contributed by atoms with Gasteiger partial charge in [0.15, 0.2) is 29.4 Å². The SMILES string of the molecule is CN(C)c1ncnc2c1ncn2[C@@H]1O[C@H](CO)C(O)[C@H]1F. The summed E-state index contributed by atoms with van der Waals surface area (Å²) in [6.45, 7) is -0.456. The van der Waals surface area contributed by atoms with Crippen LogP contribution in [0.25, 0.3) is 11.2 Å². The van der Waals surface area contributed by atoms with Crippen LogP contribution in [0.1, 0.15) is 6.23 Å². The van der Waals surface area contributed by atoms with Crippen molar-refractivity contribution in [3.05, 3.63) is 12.7 Å². The standard InChI is InChI=1S/C12H16FN5O3/c1-17(2)10-8-11(15-4-14-10)18(5-16-8)12-7(13)9(20)6(3-19)21-12/h4-7,9,12,19-20H,3H2,1-2H3/t6-,7-,9?,12-/m1/s1. The molecule has 3 rings (SSSR count). The van der Waals surface area contributed by atoms with E-state index in [4.69, 9.17) is 9.84 Å². The van der Waals surface area contributed by atoms with E-state index in [1.807, 2.05) is 14.1 Å². The Balaban J connectivity index is 2.04. The van der Waals surface area contributed by atoms with E-state index in [0.29, 0.717) is 17.0 Å². The molecule has 2 N–H and O–H groups in total. The summed E-state index contributed by atoms with van der Waals surface area (Å²) in [6.07, 6.45) is -2.33. The molecule has 0 aliphatic carbocycles. The number of hydrogen-bond donors (Lipinski definition) is 2. The maximum atomic E-state index is 14.2. The molecule has 1 saturated heterocycles. The Bertz CT molecular complexity index is 649. The second kappa shape index (κ2) is 5.17. The van der Waals surface area contributed by atoms with Crippen LogP contribution in [-0.4, -0.2) is 68.8 Å². The molecule has 2 aromatic heterocycles. The third-order valence-corrected chi connectivity index (χ3v) is 3.51. The molecule has 8 nitrogen and oxygen atoms in total. The van der Waals surface area contributed by atoms with Gasteiger partial charge in [0.2, 0.25) is 0 Å². The number of aliphatic hydroxyl groups is 2. The Morgan fingerprint density at radius 3 is 2.76 bits per heavy atom. The van der Waals surface area contributed by atoms with Crippen LogP contribution in [0.5, 0.6) is 0 Å². The van der Waals surface area contributed by atoms with Crippen LogP contribution in [0.4, 0.5) is 10.2 Å². The quantitative estimate of drug-likeness (QED) is 0.787. The first-order valence-electron chi connectivity index (χ1n) is 6.48. The predicted molar refractivity (Wildman–Crippen MR) is 71.5 cm³/mol. The molecule has 0 aromatic carbocycles. The summed E-state index contributed by atoms with van der Waals surface area (Å²) in [5.74, 6) is 0.603. The minimum Gasteiger partial charge on any atom is -0.394 e. The Morgan fingerprint density at radius 1 is 1.38 bits per heavy atom. The number of alkyl halides is 1. The monoisotopic (exact) mass is 297 g/mol. The van der Waals surface area contributed by atoms with Crippen molar-refractivity contribution in [1.29, 1.82) is 0 Å². The molecule has 0 saturated carbocycles. The Morgan fingerprint density at radius 2 is 2.14 bits per heavy atom. The maximum absolute atomic E-state index is 14.2. The Kier molecular flexibility index (Phi) is 3.47. The van der Waals surface area contributed by atoms with Gasteiger partial charge >= 0.3 is 0 Å². The third kappa shape index (κ3) is 2.13. The molecule has 0 radical (unpaired) electrons. The van der Waals surface area contributed by atoms with Crippen molar-refractivity contribution < 1.29 is 19.3 Å². The number of nitrogens with zero attached hydrogens (tertiary/aromatic N) is 5. The van der Waals surface area contributed by atoms with E-state index in [-0.39, 0.29) is 0 Å². The summed E-state index contributed by atoms with van der Waals surface area (Å²) in [5, 5.41) is 18.8. The summed E-state index contributed by atoms with van der Waals surface area (Å²) in [6, 6.07) is 0. The Labute approximate surface area is 119 Å². The van der Waals surface area contributed by atoms with Crippen LogP contribution in [0.3, 0.4) is 0 Å². The number of imidazole rings is 1. The first-order valence-corrected chi connectivity index (χ1v) is 6.48. The second-order valence-corrected chi connectivity index (χ2v) is 5.10. The van der Waals surface area contributed by atoms with Gasteiger partial charge in [0.1, 0.15) is 18.5 Å². The van der Waals surface area contributed by atoms with Gasteiger partial charge in [0.05, 0.1) is 12.9 Å². The van der Waals surface area contributed by atoms with E-state index in [0.717, 1.165) is 0 Å². The van der Waals surface area contributed by atoms with Crippen molar-refractivity contribution >= 4 is 17.0 Å². The molecule has 2 aromatic rings. The first-order chi connectivity index (χ1) is 10.0. The van der Waals surface area contributed by atoms with E-state index in [1.54, 1.807) is 4.90 Å². The van der Waals surface area contributed by atoms with Crippen molar-refractivity contribution in [3.63, 3.8) is 0 Å². The number of aliphatic hydroxyl groups excluding tert-OH is 2. The number of fused-ring (bicyclic) bond motifs is 1. The highest BCUT2D eigenvalue weighted by Crippen LogP contribution is 2.34. The fourth-order valence-electron chi connectivity index (χ4n) is 2.43. The van der Waals surface area contributed by atoms with Crippen LogP contribution in [-0.2, 0) is 4.74 Å². The van der Waals surface area contributed by atoms with Crippen LogP contribution in [0.2, 0.25) is 0 Å². The maximum Gasteiger partial charge on any atom is 0.173 e. The van der Waals surface area contributed by atoms with Crippen molar-refractivity contribution in [2.45, 2.75) is 24.6 Å². The van der Waals surface area contributed by atoms with Gasteiger partial charge in [0, 0.05) is 14.1 Å². The molecule has 1 fully saturated rings. The average Bonchev–Trinajstić information content (AvgIpc) is 3.01. The highest BCUT2D eigenvalue weighted by Gasteiger charge is 2.45.